The Bertz CT molecular complexity index is 580. The summed E-state index contributed by atoms with van der Waals surface area (Å²) in [6.45, 7) is 3.54. The fourth-order valence-corrected chi connectivity index (χ4v) is 1.40. The Morgan fingerprint density at radius 1 is 1.50 bits per heavy atom. The van der Waals surface area contributed by atoms with Crippen molar-refractivity contribution in [3.8, 4) is 11.4 Å². The van der Waals surface area contributed by atoms with Crippen LogP contribution < -0.4 is 0 Å². The fraction of sp³-hybridized carbons (Fsp3) is 0.250. The third-order valence-electron chi connectivity index (χ3n) is 2.29. The highest BCUT2D eigenvalue weighted by atomic mass is 19.1. The lowest BCUT2D eigenvalue weighted by molar-refractivity contribution is 0.0470. The van der Waals surface area contributed by atoms with Crippen LogP contribution in [0.15, 0.2) is 22.7 Å². The van der Waals surface area contributed by atoms with Gasteiger partial charge in [-0.15, -0.1) is 0 Å². The van der Waals surface area contributed by atoms with Crippen molar-refractivity contribution in [2.45, 2.75) is 13.8 Å². The summed E-state index contributed by atoms with van der Waals surface area (Å²) in [6, 6.07) is 4.41. The molecule has 94 valence electrons. The summed E-state index contributed by atoms with van der Waals surface area (Å²) in [6.07, 6.45) is 0. The smallest absolute Gasteiger partial charge is 0.397 e. The number of esters is 1. The van der Waals surface area contributed by atoms with Gasteiger partial charge < -0.3 is 9.26 Å². The summed E-state index contributed by atoms with van der Waals surface area (Å²) in [5.74, 6) is -0.974. The Hall–Kier alpha value is -2.24. The molecule has 0 unspecified atom stereocenters. The summed E-state index contributed by atoms with van der Waals surface area (Å²) in [4.78, 5) is 15.2. The molecule has 0 N–H and O–H groups in total. The van der Waals surface area contributed by atoms with Crippen LogP contribution in [0.25, 0.3) is 11.4 Å². The maximum Gasteiger partial charge on any atom is 0.397 e. The number of aryl methyl sites for hydroxylation is 1. The molecule has 1 heterocycles. The van der Waals surface area contributed by atoms with Crippen molar-refractivity contribution in [1.82, 2.24) is 10.1 Å². The summed E-state index contributed by atoms with van der Waals surface area (Å²) in [7, 11) is 0. The lowest BCUT2D eigenvalue weighted by atomic mass is 10.1. The van der Waals surface area contributed by atoms with Crippen LogP contribution in [0, 0.1) is 12.7 Å². The second kappa shape index (κ2) is 4.95. The lowest BCUT2D eigenvalue weighted by Gasteiger charge is -1.98. The zero-order valence-corrected chi connectivity index (χ0v) is 9.94. The van der Waals surface area contributed by atoms with Gasteiger partial charge >= 0.3 is 11.9 Å². The van der Waals surface area contributed by atoms with Crippen LogP contribution >= 0.6 is 0 Å². The molecule has 0 spiro atoms. The van der Waals surface area contributed by atoms with E-state index in [4.69, 9.17) is 9.26 Å². The largest absolute Gasteiger partial charge is 0.459 e. The monoisotopic (exact) mass is 250 g/mol. The second-order valence-corrected chi connectivity index (χ2v) is 3.61. The van der Waals surface area contributed by atoms with Crippen LogP contribution in [0.3, 0.4) is 0 Å². The first-order valence-corrected chi connectivity index (χ1v) is 5.39. The molecule has 0 amide bonds. The van der Waals surface area contributed by atoms with Gasteiger partial charge in [0.1, 0.15) is 5.82 Å². The summed E-state index contributed by atoms with van der Waals surface area (Å²) in [5, 5.41) is 3.65. The van der Waals surface area contributed by atoms with Gasteiger partial charge in [-0.2, -0.15) is 4.98 Å². The van der Waals surface area contributed by atoms with Gasteiger partial charge in [0.2, 0.25) is 5.82 Å². The van der Waals surface area contributed by atoms with E-state index >= 15 is 0 Å². The molecule has 0 fully saturated rings. The predicted molar refractivity (Wildman–Crippen MR) is 60.4 cm³/mol. The van der Waals surface area contributed by atoms with Gasteiger partial charge in [-0.05, 0) is 37.6 Å². The molecular weight excluding hydrogens is 239 g/mol. The minimum atomic E-state index is -0.671. The van der Waals surface area contributed by atoms with Crippen molar-refractivity contribution in [3.63, 3.8) is 0 Å². The first-order valence-electron chi connectivity index (χ1n) is 5.39. The number of benzene rings is 1. The fourth-order valence-electron chi connectivity index (χ4n) is 1.40. The number of aromatic nitrogens is 2. The van der Waals surface area contributed by atoms with Crippen molar-refractivity contribution in [2.24, 2.45) is 0 Å². The SMILES string of the molecule is CCOC(=O)c1nc(-c2ccc(F)c(C)c2)no1. The lowest BCUT2D eigenvalue weighted by Crippen LogP contribution is -2.04. The topological polar surface area (TPSA) is 65.2 Å². The van der Waals surface area contributed by atoms with E-state index in [2.05, 4.69) is 10.1 Å². The van der Waals surface area contributed by atoms with Crippen molar-refractivity contribution in [2.75, 3.05) is 6.61 Å². The highest BCUT2D eigenvalue weighted by molar-refractivity contribution is 5.84. The Balaban J connectivity index is 2.29. The Labute approximate surface area is 103 Å². The van der Waals surface area contributed by atoms with E-state index in [0.29, 0.717) is 11.1 Å². The second-order valence-electron chi connectivity index (χ2n) is 3.61. The van der Waals surface area contributed by atoms with Crippen molar-refractivity contribution in [3.05, 3.63) is 35.5 Å². The van der Waals surface area contributed by atoms with Crippen molar-refractivity contribution >= 4 is 5.97 Å². The van der Waals surface area contributed by atoms with Crippen molar-refractivity contribution < 1.29 is 18.4 Å². The number of ether oxygens (including phenoxy) is 1. The first-order chi connectivity index (χ1) is 8.61. The maximum atomic E-state index is 13.1. The Morgan fingerprint density at radius 3 is 2.94 bits per heavy atom. The number of hydrogen-bond acceptors (Lipinski definition) is 5. The molecule has 0 saturated heterocycles. The molecule has 5 nitrogen and oxygen atoms in total. The maximum absolute atomic E-state index is 13.1. The number of rotatable bonds is 3. The third kappa shape index (κ3) is 2.37. The first kappa shape index (κ1) is 12.2. The molecule has 0 bridgehead atoms. The van der Waals surface area contributed by atoms with Gasteiger partial charge in [0.05, 0.1) is 6.61 Å². The van der Waals surface area contributed by atoms with E-state index < -0.39 is 5.97 Å². The van der Waals surface area contributed by atoms with Gasteiger partial charge in [0.15, 0.2) is 0 Å². The predicted octanol–water partition coefficient (Wildman–Crippen LogP) is 2.36. The van der Waals surface area contributed by atoms with Crippen LogP contribution in [-0.4, -0.2) is 22.7 Å². The molecule has 0 aliphatic heterocycles. The molecule has 2 rings (SSSR count). The molecular formula is C12H11FN2O3. The van der Waals surface area contributed by atoms with E-state index in [1.54, 1.807) is 19.9 Å². The molecule has 0 saturated carbocycles. The summed E-state index contributed by atoms with van der Waals surface area (Å²) < 4.78 is 22.6. The third-order valence-corrected chi connectivity index (χ3v) is 2.29. The zero-order valence-electron chi connectivity index (χ0n) is 9.94. The summed E-state index contributed by atoms with van der Waals surface area (Å²) in [5.41, 5.74) is 1.04. The highest BCUT2D eigenvalue weighted by Gasteiger charge is 2.17. The number of carbonyl (C=O) groups excluding carboxylic acids is 1. The van der Waals surface area contributed by atoms with E-state index in [9.17, 15) is 9.18 Å². The number of carbonyl (C=O) groups is 1. The minimum Gasteiger partial charge on any atom is -0.459 e. The van der Waals surface area contributed by atoms with Gasteiger partial charge in [0, 0.05) is 5.56 Å². The van der Waals surface area contributed by atoms with Crippen LogP contribution in [-0.2, 0) is 4.74 Å². The van der Waals surface area contributed by atoms with E-state index in [0.717, 1.165) is 0 Å². The minimum absolute atomic E-state index is 0.214. The summed E-state index contributed by atoms with van der Waals surface area (Å²) >= 11 is 0. The van der Waals surface area contributed by atoms with Gasteiger partial charge in [-0.3, -0.25) is 0 Å². The molecule has 0 radical (unpaired) electrons. The average Bonchev–Trinajstić information content (AvgIpc) is 2.82. The highest BCUT2D eigenvalue weighted by Crippen LogP contribution is 2.19. The van der Waals surface area contributed by atoms with Gasteiger partial charge in [0.25, 0.3) is 0 Å². The number of hydrogen-bond donors (Lipinski definition) is 0. The van der Waals surface area contributed by atoms with E-state index in [1.807, 2.05) is 0 Å². The molecule has 1 aromatic heterocycles. The Kier molecular flexibility index (Phi) is 3.36. The van der Waals surface area contributed by atoms with Crippen LogP contribution in [0.5, 0.6) is 0 Å². The van der Waals surface area contributed by atoms with E-state index in [1.165, 1.54) is 12.1 Å². The van der Waals surface area contributed by atoms with Crippen LogP contribution in [0.2, 0.25) is 0 Å². The normalized spacial score (nSPS) is 10.4. The molecule has 0 atom stereocenters. The van der Waals surface area contributed by atoms with E-state index in [-0.39, 0.29) is 24.1 Å². The van der Waals surface area contributed by atoms with Gasteiger partial charge in [-0.1, -0.05) is 5.16 Å². The quantitative estimate of drug-likeness (QED) is 0.782. The van der Waals surface area contributed by atoms with Gasteiger partial charge in [-0.25, -0.2) is 9.18 Å². The number of nitrogens with zero attached hydrogens (tertiary/aromatic N) is 2. The molecule has 0 aliphatic carbocycles. The molecule has 6 heteroatoms. The number of halogens is 1. The standard InChI is InChI=1S/C12H11FN2O3/c1-3-17-12(16)11-14-10(15-18-11)8-4-5-9(13)7(2)6-8/h4-6H,3H2,1-2H3. The zero-order chi connectivity index (χ0) is 13.1. The molecule has 0 aliphatic rings. The van der Waals surface area contributed by atoms with Crippen LogP contribution in [0.4, 0.5) is 4.39 Å². The van der Waals surface area contributed by atoms with Crippen molar-refractivity contribution in [1.29, 1.82) is 0 Å². The molecule has 18 heavy (non-hydrogen) atoms. The average molecular weight is 250 g/mol. The molecule has 2 aromatic rings. The Morgan fingerprint density at radius 2 is 2.28 bits per heavy atom. The van der Waals surface area contributed by atoms with Crippen LogP contribution in [0.1, 0.15) is 23.2 Å². The molecule has 1 aromatic carbocycles.